The van der Waals surface area contributed by atoms with E-state index in [0.717, 1.165) is 99.4 Å². The third kappa shape index (κ3) is 5.66. The molecule has 7 nitrogen and oxygen atoms in total. The molecular weight excluding hydrogens is 881 g/mol. The summed E-state index contributed by atoms with van der Waals surface area (Å²) in [5.41, 5.74) is 15.0. The molecular formula is C65H38N6O. The van der Waals surface area contributed by atoms with Crippen LogP contribution < -0.4 is 0 Å². The van der Waals surface area contributed by atoms with Crippen LogP contribution in [0.5, 0.6) is 0 Å². The molecule has 334 valence electrons. The molecule has 15 aromatic rings. The topological polar surface area (TPSA) is 77.5 Å². The number of aromatic nitrogens is 5. The first kappa shape index (κ1) is 39.9. The van der Waals surface area contributed by atoms with Crippen molar-refractivity contribution in [1.82, 2.24) is 23.7 Å². The lowest BCUT2D eigenvalue weighted by Gasteiger charge is -2.17. The van der Waals surface area contributed by atoms with Gasteiger partial charge < -0.3 is 18.1 Å². The highest BCUT2D eigenvalue weighted by atomic mass is 16.3. The average molecular weight is 919 g/mol. The van der Waals surface area contributed by atoms with Crippen molar-refractivity contribution < 1.29 is 4.42 Å². The van der Waals surface area contributed by atoms with Crippen LogP contribution in [0.2, 0.25) is 0 Å². The van der Waals surface area contributed by atoms with Crippen LogP contribution >= 0.6 is 0 Å². The van der Waals surface area contributed by atoms with E-state index < -0.39 is 0 Å². The molecule has 15 rings (SSSR count). The van der Waals surface area contributed by atoms with Gasteiger partial charge in [0.1, 0.15) is 22.8 Å². The minimum absolute atomic E-state index is 0.413. The maximum atomic E-state index is 10.8. The molecule has 0 bridgehead atoms. The molecule has 0 spiro atoms. The number of hydrogen-bond acceptors (Lipinski definition) is 4. The van der Waals surface area contributed by atoms with E-state index in [2.05, 4.69) is 177 Å². The van der Waals surface area contributed by atoms with E-state index in [9.17, 15) is 5.26 Å². The fourth-order valence-corrected chi connectivity index (χ4v) is 11.5. The van der Waals surface area contributed by atoms with Crippen LogP contribution in [0.15, 0.2) is 235 Å². The number of hydrogen-bond donors (Lipinski definition) is 0. The minimum atomic E-state index is 0.413. The third-order valence-electron chi connectivity index (χ3n) is 14.5. The molecule has 72 heavy (non-hydrogen) atoms. The van der Waals surface area contributed by atoms with E-state index in [1.54, 1.807) is 0 Å². The van der Waals surface area contributed by atoms with Crippen molar-refractivity contribution in [2.75, 3.05) is 0 Å². The Kier molecular flexibility index (Phi) is 8.59. The quantitative estimate of drug-likeness (QED) is 0.166. The maximum absolute atomic E-state index is 10.8. The molecule has 5 aromatic heterocycles. The molecule has 0 aliphatic heterocycles. The molecule has 0 atom stereocenters. The van der Waals surface area contributed by atoms with Gasteiger partial charge in [-0.1, -0.05) is 170 Å². The fourth-order valence-electron chi connectivity index (χ4n) is 11.5. The summed E-state index contributed by atoms with van der Waals surface area (Å²) in [4.78, 5) is 10.6. The van der Waals surface area contributed by atoms with Gasteiger partial charge in [-0.25, -0.2) is 9.97 Å². The van der Waals surface area contributed by atoms with Crippen molar-refractivity contribution in [2.24, 2.45) is 0 Å². The zero-order valence-electron chi connectivity index (χ0n) is 38.5. The Balaban J connectivity index is 1.13. The van der Waals surface area contributed by atoms with E-state index >= 15 is 0 Å². The first-order chi connectivity index (χ1) is 35.7. The molecule has 10 aromatic carbocycles. The second-order valence-corrected chi connectivity index (χ2v) is 18.3. The fraction of sp³-hybridized carbons (Fsp3) is 0. The molecule has 0 aliphatic rings. The van der Waals surface area contributed by atoms with Gasteiger partial charge in [0, 0.05) is 54.5 Å². The van der Waals surface area contributed by atoms with Gasteiger partial charge in [-0.15, -0.1) is 0 Å². The predicted octanol–water partition coefficient (Wildman–Crippen LogP) is 16.5. The van der Waals surface area contributed by atoms with Gasteiger partial charge in [-0.2, -0.15) is 5.26 Å². The van der Waals surface area contributed by atoms with Crippen LogP contribution in [0, 0.1) is 11.3 Å². The van der Waals surface area contributed by atoms with E-state index in [1.807, 2.05) is 72.8 Å². The Labute approximate surface area is 411 Å². The van der Waals surface area contributed by atoms with Crippen LogP contribution in [-0.2, 0) is 0 Å². The number of furan rings is 1. The van der Waals surface area contributed by atoms with Crippen molar-refractivity contribution in [1.29, 1.82) is 5.26 Å². The Hall–Kier alpha value is -10.0. The molecule has 0 fully saturated rings. The highest BCUT2D eigenvalue weighted by Crippen LogP contribution is 2.49. The number of fused-ring (bicyclic) bond motifs is 13. The monoisotopic (exact) mass is 918 g/mol. The summed E-state index contributed by atoms with van der Waals surface area (Å²) in [6.07, 6.45) is 0. The second-order valence-electron chi connectivity index (χ2n) is 18.3. The predicted molar refractivity (Wildman–Crippen MR) is 293 cm³/mol. The van der Waals surface area contributed by atoms with Crippen molar-refractivity contribution in [3.8, 4) is 57.0 Å². The zero-order chi connectivity index (χ0) is 47.4. The number of para-hydroxylation sites is 6. The van der Waals surface area contributed by atoms with Crippen LogP contribution in [0.25, 0.3) is 138 Å². The molecule has 0 amide bonds. The molecule has 0 saturated carbocycles. The Morgan fingerprint density at radius 1 is 0.389 bits per heavy atom. The molecule has 0 aliphatic carbocycles. The van der Waals surface area contributed by atoms with Crippen molar-refractivity contribution in [3.05, 3.63) is 236 Å². The number of nitriles is 1. The third-order valence-corrected chi connectivity index (χ3v) is 14.5. The summed E-state index contributed by atoms with van der Waals surface area (Å²) in [5.74, 6) is 0.463. The Morgan fingerprint density at radius 3 is 1.47 bits per heavy atom. The highest BCUT2D eigenvalue weighted by Gasteiger charge is 2.29. The van der Waals surface area contributed by atoms with Gasteiger partial charge in [0.2, 0.25) is 0 Å². The van der Waals surface area contributed by atoms with Gasteiger partial charge >= 0.3 is 0 Å². The smallest absolute Gasteiger partial charge is 0.164 e. The first-order valence-corrected chi connectivity index (χ1v) is 24.1. The van der Waals surface area contributed by atoms with E-state index in [-0.39, 0.29) is 0 Å². The van der Waals surface area contributed by atoms with Gasteiger partial charge in [0.15, 0.2) is 5.82 Å². The standard InChI is InChI=1S/C65H38N6O/c66-39-50-60(40-20-4-1-5-21-40)67-65(68-61(50)41-22-6-2-7-23-41)48-36-37-55(58-47-30-14-19-35-57(47)72-64(48)58)71-54-34-18-13-29-46(54)59-62-49(45-28-12-15-31-51(45)69(62)42-24-8-3-9-25-42)38-56(63(59)71)70-52-32-16-10-26-43(52)44-27-11-17-33-53(44)70/h1-38H. The maximum Gasteiger partial charge on any atom is 0.164 e. The van der Waals surface area contributed by atoms with Crippen molar-refractivity contribution >= 4 is 87.4 Å². The van der Waals surface area contributed by atoms with Crippen LogP contribution in [0.1, 0.15) is 5.56 Å². The average Bonchev–Trinajstić information content (AvgIpc) is 4.20. The minimum Gasteiger partial charge on any atom is -0.455 e. The summed E-state index contributed by atoms with van der Waals surface area (Å²) in [7, 11) is 0. The molecule has 0 unspecified atom stereocenters. The molecule has 0 saturated heterocycles. The van der Waals surface area contributed by atoms with Gasteiger partial charge in [0.05, 0.1) is 66.8 Å². The Morgan fingerprint density at radius 2 is 0.875 bits per heavy atom. The van der Waals surface area contributed by atoms with E-state index in [1.165, 1.54) is 16.2 Å². The lowest BCUT2D eigenvalue weighted by molar-refractivity contribution is 0.669. The number of nitrogens with zero attached hydrogens (tertiary/aromatic N) is 6. The lowest BCUT2D eigenvalue weighted by Crippen LogP contribution is -2.03. The van der Waals surface area contributed by atoms with Gasteiger partial charge in [0.25, 0.3) is 0 Å². The summed E-state index contributed by atoms with van der Waals surface area (Å²) in [6.45, 7) is 0. The summed E-state index contributed by atoms with van der Waals surface area (Å²) in [5, 5.41) is 19.7. The van der Waals surface area contributed by atoms with E-state index in [4.69, 9.17) is 14.4 Å². The molecule has 5 heterocycles. The number of benzene rings is 10. The van der Waals surface area contributed by atoms with E-state index in [0.29, 0.717) is 28.4 Å². The second kappa shape index (κ2) is 15.5. The van der Waals surface area contributed by atoms with Gasteiger partial charge in [-0.05, 0) is 60.7 Å². The Bertz CT molecular complexity index is 4630. The largest absolute Gasteiger partial charge is 0.455 e. The van der Waals surface area contributed by atoms with Crippen molar-refractivity contribution in [2.45, 2.75) is 0 Å². The number of rotatable bonds is 6. The van der Waals surface area contributed by atoms with Crippen LogP contribution in [0.4, 0.5) is 0 Å². The highest BCUT2D eigenvalue weighted by molar-refractivity contribution is 6.29. The summed E-state index contributed by atoms with van der Waals surface area (Å²) >= 11 is 0. The molecule has 0 radical (unpaired) electrons. The SMILES string of the molecule is N#Cc1c(-c2ccccc2)nc(-c2ccc(-n3c4ccccc4c4c3c(-n3c5ccccc5c5ccccc53)cc3c5ccccc5n(-c5ccccc5)c34)c3c2oc2ccccc23)nc1-c1ccccc1. The van der Waals surface area contributed by atoms with Gasteiger partial charge in [-0.3, -0.25) is 0 Å². The normalized spacial score (nSPS) is 11.9. The van der Waals surface area contributed by atoms with Crippen molar-refractivity contribution in [3.63, 3.8) is 0 Å². The lowest BCUT2D eigenvalue weighted by atomic mass is 9.99. The van der Waals surface area contributed by atoms with Crippen LogP contribution in [-0.4, -0.2) is 23.7 Å². The molecule has 7 heteroatoms. The summed E-state index contributed by atoms with van der Waals surface area (Å²) in [6, 6.07) is 83.1. The summed E-state index contributed by atoms with van der Waals surface area (Å²) < 4.78 is 14.5. The molecule has 0 N–H and O–H groups in total. The zero-order valence-corrected chi connectivity index (χ0v) is 38.5. The van der Waals surface area contributed by atoms with Crippen LogP contribution in [0.3, 0.4) is 0 Å². The first-order valence-electron chi connectivity index (χ1n) is 24.1.